The van der Waals surface area contributed by atoms with Crippen LogP contribution in [0.2, 0.25) is 13.1 Å². The van der Waals surface area contributed by atoms with Crippen LogP contribution in [-0.2, 0) is 0 Å². The van der Waals surface area contributed by atoms with Gasteiger partial charge in [-0.1, -0.05) is 116 Å². The molecule has 0 bridgehead atoms. The molecular formula is C30H24N2Si. The molecule has 0 radical (unpaired) electrons. The molecule has 6 rings (SSSR count). The van der Waals surface area contributed by atoms with E-state index in [-0.39, 0.29) is 0 Å². The van der Waals surface area contributed by atoms with E-state index in [0.29, 0.717) is 0 Å². The van der Waals surface area contributed by atoms with E-state index < -0.39 is 8.07 Å². The van der Waals surface area contributed by atoms with E-state index >= 15 is 0 Å². The first-order valence-electron chi connectivity index (χ1n) is 11.4. The van der Waals surface area contributed by atoms with Crippen molar-refractivity contribution in [3.8, 4) is 45.0 Å². The van der Waals surface area contributed by atoms with E-state index in [1.54, 1.807) is 0 Å². The second kappa shape index (κ2) is 7.64. The van der Waals surface area contributed by atoms with Gasteiger partial charge in [-0.05, 0) is 33.1 Å². The second-order valence-corrected chi connectivity index (χ2v) is 13.4. The molecule has 0 fully saturated rings. The zero-order chi connectivity index (χ0) is 22.4. The molecule has 158 valence electrons. The lowest BCUT2D eigenvalue weighted by Gasteiger charge is -2.21. The van der Waals surface area contributed by atoms with Crippen molar-refractivity contribution in [3.05, 3.63) is 109 Å². The van der Waals surface area contributed by atoms with Gasteiger partial charge in [0.2, 0.25) is 0 Å². The summed E-state index contributed by atoms with van der Waals surface area (Å²) in [6, 6.07) is 38.4. The van der Waals surface area contributed by atoms with Gasteiger partial charge in [-0.15, -0.1) is 0 Å². The highest BCUT2D eigenvalue weighted by molar-refractivity contribution is 7.04. The molecule has 0 amide bonds. The molecule has 1 aliphatic rings. The maximum Gasteiger partial charge on any atom is 0.160 e. The molecule has 1 aliphatic heterocycles. The van der Waals surface area contributed by atoms with Crippen LogP contribution in [0.15, 0.2) is 109 Å². The normalized spacial score (nSPS) is 13.4. The molecule has 0 unspecified atom stereocenters. The van der Waals surface area contributed by atoms with E-state index in [2.05, 4.69) is 116 Å². The van der Waals surface area contributed by atoms with E-state index in [1.807, 2.05) is 6.07 Å². The summed E-state index contributed by atoms with van der Waals surface area (Å²) in [5.74, 6) is 0.784. The van der Waals surface area contributed by atoms with Crippen molar-refractivity contribution in [1.29, 1.82) is 0 Å². The van der Waals surface area contributed by atoms with Gasteiger partial charge >= 0.3 is 0 Å². The Balaban J connectivity index is 1.61. The fourth-order valence-electron chi connectivity index (χ4n) is 5.02. The Labute approximate surface area is 195 Å². The molecule has 5 aromatic rings. The number of benzene rings is 4. The summed E-state index contributed by atoms with van der Waals surface area (Å²) in [5.41, 5.74) is 8.02. The molecule has 4 aromatic carbocycles. The van der Waals surface area contributed by atoms with Gasteiger partial charge in [-0.25, -0.2) is 9.97 Å². The second-order valence-electron chi connectivity index (χ2n) is 9.10. The van der Waals surface area contributed by atoms with E-state index in [1.165, 1.54) is 27.1 Å². The number of fused-ring (bicyclic) bond motifs is 3. The minimum atomic E-state index is -1.92. The molecule has 2 nitrogen and oxygen atoms in total. The molecule has 2 heterocycles. The maximum atomic E-state index is 5.22. The first kappa shape index (κ1) is 19.8. The van der Waals surface area contributed by atoms with Crippen molar-refractivity contribution >= 4 is 18.4 Å². The number of nitrogens with zero attached hydrogens (tertiary/aromatic N) is 2. The van der Waals surface area contributed by atoms with Gasteiger partial charge < -0.3 is 0 Å². The summed E-state index contributed by atoms with van der Waals surface area (Å²) in [7, 11) is -1.92. The van der Waals surface area contributed by atoms with Crippen LogP contribution in [0, 0.1) is 0 Å². The minimum absolute atomic E-state index is 0.784. The largest absolute Gasteiger partial charge is 0.228 e. The smallest absolute Gasteiger partial charge is 0.160 e. The Bertz CT molecular complexity index is 1470. The standard InChI is InChI=1S/C30H24N2Si/c1-33(2)26-19-10-9-18-25(26)28-29(33)27(22-14-7-4-8-15-22)31-30(32-28)24-17-11-16-23(20-24)21-12-5-3-6-13-21/h3-20H,1-2H3. The third-order valence-electron chi connectivity index (χ3n) is 6.66. The highest BCUT2D eigenvalue weighted by atomic mass is 28.3. The molecule has 0 saturated heterocycles. The number of hydrogen-bond donors (Lipinski definition) is 0. The van der Waals surface area contributed by atoms with Crippen LogP contribution >= 0.6 is 0 Å². The van der Waals surface area contributed by atoms with Crippen molar-refractivity contribution in [3.63, 3.8) is 0 Å². The number of hydrogen-bond acceptors (Lipinski definition) is 2. The van der Waals surface area contributed by atoms with Crippen molar-refractivity contribution in [2.45, 2.75) is 13.1 Å². The predicted molar refractivity (Wildman–Crippen MR) is 141 cm³/mol. The quantitative estimate of drug-likeness (QED) is 0.309. The van der Waals surface area contributed by atoms with Gasteiger partial charge in [0.15, 0.2) is 5.82 Å². The van der Waals surface area contributed by atoms with Gasteiger partial charge in [0, 0.05) is 11.1 Å². The Morgan fingerprint density at radius 1 is 0.515 bits per heavy atom. The Morgan fingerprint density at radius 2 is 1.09 bits per heavy atom. The average molecular weight is 441 g/mol. The zero-order valence-electron chi connectivity index (χ0n) is 18.8. The fraction of sp³-hybridized carbons (Fsp3) is 0.0667. The first-order valence-corrected chi connectivity index (χ1v) is 14.4. The van der Waals surface area contributed by atoms with Crippen molar-refractivity contribution < 1.29 is 0 Å². The molecule has 33 heavy (non-hydrogen) atoms. The molecule has 3 heteroatoms. The van der Waals surface area contributed by atoms with Crippen LogP contribution in [-0.4, -0.2) is 18.0 Å². The molecule has 0 atom stereocenters. The van der Waals surface area contributed by atoms with E-state index in [0.717, 1.165) is 28.3 Å². The summed E-state index contributed by atoms with van der Waals surface area (Å²) in [4.78, 5) is 10.4. The van der Waals surface area contributed by atoms with Gasteiger partial charge in [0.25, 0.3) is 0 Å². The lowest BCUT2D eigenvalue weighted by atomic mass is 10.0. The van der Waals surface area contributed by atoms with E-state index in [9.17, 15) is 0 Å². The van der Waals surface area contributed by atoms with Gasteiger partial charge in [0.1, 0.15) is 8.07 Å². The molecule has 0 spiro atoms. The van der Waals surface area contributed by atoms with Crippen LogP contribution in [0.5, 0.6) is 0 Å². The molecular weight excluding hydrogens is 416 g/mol. The van der Waals surface area contributed by atoms with Crippen molar-refractivity contribution in [2.75, 3.05) is 0 Å². The summed E-state index contributed by atoms with van der Waals surface area (Å²) in [6.07, 6.45) is 0. The van der Waals surface area contributed by atoms with E-state index in [4.69, 9.17) is 9.97 Å². The summed E-state index contributed by atoms with van der Waals surface area (Å²) < 4.78 is 0. The van der Waals surface area contributed by atoms with Gasteiger partial charge in [-0.2, -0.15) is 0 Å². The fourth-order valence-corrected chi connectivity index (χ4v) is 8.25. The van der Waals surface area contributed by atoms with Crippen LogP contribution < -0.4 is 10.4 Å². The van der Waals surface area contributed by atoms with Crippen LogP contribution in [0.25, 0.3) is 45.0 Å². The highest BCUT2D eigenvalue weighted by Gasteiger charge is 2.41. The highest BCUT2D eigenvalue weighted by Crippen LogP contribution is 2.34. The zero-order valence-corrected chi connectivity index (χ0v) is 19.8. The molecule has 1 aromatic heterocycles. The van der Waals surface area contributed by atoms with Crippen molar-refractivity contribution in [1.82, 2.24) is 9.97 Å². The SMILES string of the molecule is C[Si]1(C)c2ccccc2-c2nc(-c3cccc(-c4ccccc4)c3)nc(-c3ccccc3)c21. The number of rotatable bonds is 3. The topological polar surface area (TPSA) is 25.8 Å². The monoisotopic (exact) mass is 440 g/mol. The van der Waals surface area contributed by atoms with Crippen molar-refractivity contribution in [2.24, 2.45) is 0 Å². The summed E-state index contributed by atoms with van der Waals surface area (Å²) >= 11 is 0. The minimum Gasteiger partial charge on any atom is -0.228 e. The number of aromatic nitrogens is 2. The summed E-state index contributed by atoms with van der Waals surface area (Å²) in [5, 5.41) is 2.79. The van der Waals surface area contributed by atoms with Crippen LogP contribution in [0.3, 0.4) is 0 Å². The first-order chi connectivity index (χ1) is 16.1. The Kier molecular flexibility index (Phi) is 4.59. The van der Waals surface area contributed by atoms with Gasteiger partial charge in [0.05, 0.1) is 11.4 Å². The Morgan fingerprint density at radius 3 is 1.85 bits per heavy atom. The lowest BCUT2D eigenvalue weighted by molar-refractivity contribution is 1.20. The third kappa shape index (κ3) is 3.24. The molecule has 0 N–H and O–H groups in total. The lowest BCUT2D eigenvalue weighted by Crippen LogP contribution is -2.50. The predicted octanol–water partition coefficient (Wildman–Crippen LogP) is 6.28. The Hall–Kier alpha value is -3.82. The van der Waals surface area contributed by atoms with Gasteiger partial charge in [-0.3, -0.25) is 0 Å². The molecule has 0 aliphatic carbocycles. The third-order valence-corrected chi connectivity index (χ3v) is 10.2. The summed E-state index contributed by atoms with van der Waals surface area (Å²) in [6.45, 7) is 4.84. The van der Waals surface area contributed by atoms with Crippen LogP contribution in [0.4, 0.5) is 0 Å². The maximum absolute atomic E-state index is 5.22. The molecule has 0 saturated carbocycles. The average Bonchev–Trinajstić information content (AvgIpc) is 3.12. The van der Waals surface area contributed by atoms with Crippen LogP contribution in [0.1, 0.15) is 0 Å².